The summed E-state index contributed by atoms with van der Waals surface area (Å²) in [5.74, 6) is 0. The molecule has 238 valence electrons. The zero-order valence-electron chi connectivity index (χ0n) is 27.5. The van der Waals surface area contributed by atoms with Gasteiger partial charge in [0.1, 0.15) is 22.3 Å². The van der Waals surface area contributed by atoms with E-state index in [1.54, 1.807) is 0 Å². The Morgan fingerprint density at radius 1 is 0.333 bits per heavy atom. The molecule has 3 nitrogen and oxygen atoms in total. The van der Waals surface area contributed by atoms with Crippen molar-refractivity contribution in [2.24, 2.45) is 0 Å². The highest BCUT2D eigenvalue weighted by molar-refractivity contribution is 6.21. The van der Waals surface area contributed by atoms with Crippen LogP contribution in [0.5, 0.6) is 0 Å². The molecule has 0 radical (unpaired) electrons. The number of para-hydroxylation sites is 4. The van der Waals surface area contributed by atoms with Crippen LogP contribution in [-0.2, 0) is 0 Å². The number of aromatic amines is 1. The van der Waals surface area contributed by atoms with Gasteiger partial charge in [0.25, 0.3) is 0 Å². The highest BCUT2D eigenvalue weighted by Gasteiger charge is 2.20. The maximum atomic E-state index is 6.85. The van der Waals surface area contributed by atoms with Crippen LogP contribution in [0.25, 0.3) is 110 Å². The SMILES string of the molecule is c1ccc(-c2cc(-c3cccc4c3[nH]c3ccccc34)cc(-c3cccc4c3oc3cccc(-c5cccc6oc7ccccc7c56)c34)c2)cc1. The molecule has 0 bridgehead atoms. The van der Waals surface area contributed by atoms with E-state index in [0.717, 1.165) is 88.3 Å². The Labute approximate surface area is 293 Å². The number of hydrogen-bond acceptors (Lipinski definition) is 2. The average Bonchev–Trinajstić information content (AvgIpc) is 3.89. The minimum absolute atomic E-state index is 0.863. The van der Waals surface area contributed by atoms with Gasteiger partial charge < -0.3 is 13.8 Å². The monoisotopic (exact) mass is 651 g/mol. The molecule has 0 saturated carbocycles. The quantitative estimate of drug-likeness (QED) is 0.206. The Balaban J connectivity index is 1.16. The molecule has 0 amide bonds. The molecule has 8 aromatic carbocycles. The summed E-state index contributed by atoms with van der Waals surface area (Å²) in [5, 5.41) is 6.89. The van der Waals surface area contributed by atoms with Crippen LogP contribution >= 0.6 is 0 Å². The average molecular weight is 652 g/mol. The van der Waals surface area contributed by atoms with Crippen LogP contribution in [0.2, 0.25) is 0 Å². The Bertz CT molecular complexity index is 3140. The van der Waals surface area contributed by atoms with Gasteiger partial charge in [0, 0.05) is 49.0 Å². The second-order valence-corrected chi connectivity index (χ2v) is 13.3. The summed E-state index contributed by atoms with van der Waals surface area (Å²) in [7, 11) is 0. The summed E-state index contributed by atoms with van der Waals surface area (Å²) < 4.78 is 13.1. The first-order valence-electron chi connectivity index (χ1n) is 17.3. The molecule has 0 fully saturated rings. The van der Waals surface area contributed by atoms with Crippen LogP contribution in [0.4, 0.5) is 0 Å². The number of rotatable bonds is 4. The Kier molecular flexibility index (Phi) is 5.96. The first-order valence-corrected chi connectivity index (χ1v) is 17.3. The number of furan rings is 2. The van der Waals surface area contributed by atoms with Crippen LogP contribution in [0.3, 0.4) is 0 Å². The largest absolute Gasteiger partial charge is 0.456 e. The molecule has 0 spiro atoms. The topological polar surface area (TPSA) is 42.1 Å². The molecule has 0 saturated heterocycles. The summed E-state index contributed by atoms with van der Waals surface area (Å²) in [6.07, 6.45) is 0. The molecule has 51 heavy (non-hydrogen) atoms. The third-order valence-electron chi connectivity index (χ3n) is 10.4. The van der Waals surface area contributed by atoms with Gasteiger partial charge in [0.15, 0.2) is 0 Å². The number of aromatic nitrogens is 1. The summed E-state index contributed by atoms with van der Waals surface area (Å²) in [6, 6.07) is 60.2. The zero-order valence-corrected chi connectivity index (χ0v) is 27.5. The lowest BCUT2D eigenvalue weighted by atomic mass is 9.91. The summed E-state index contributed by atoms with van der Waals surface area (Å²) in [5.41, 5.74) is 14.9. The van der Waals surface area contributed by atoms with Gasteiger partial charge in [-0.25, -0.2) is 0 Å². The third kappa shape index (κ3) is 4.25. The van der Waals surface area contributed by atoms with Crippen LogP contribution in [0.15, 0.2) is 179 Å². The molecular formula is C48H29NO2. The van der Waals surface area contributed by atoms with E-state index < -0.39 is 0 Å². The standard InChI is InChI=1S/C48H29NO2/c1-2-12-29(13-3-1)30-26-31(33-16-8-20-38-35-14-4-6-22-41(35)49-47(33)38)28-32(27-30)34-17-9-21-40-46-37(19-11-25-44(46)51-48(34)40)36-18-10-24-43-45(36)39-15-5-7-23-42(39)50-43/h1-28,49H. The third-order valence-corrected chi connectivity index (χ3v) is 10.4. The first-order chi connectivity index (χ1) is 25.3. The molecular weight excluding hydrogens is 623 g/mol. The number of benzene rings is 8. The number of hydrogen-bond donors (Lipinski definition) is 1. The van der Waals surface area contributed by atoms with E-state index in [9.17, 15) is 0 Å². The molecule has 3 heteroatoms. The molecule has 0 aliphatic carbocycles. The van der Waals surface area contributed by atoms with Crippen LogP contribution in [-0.4, -0.2) is 4.98 Å². The van der Waals surface area contributed by atoms with Crippen LogP contribution in [0, 0.1) is 0 Å². The second-order valence-electron chi connectivity index (χ2n) is 13.3. The van der Waals surface area contributed by atoms with E-state index in [2.05, 4.69) is 163 Å². The number of H-pyrrole nitrogens is 1. The van der Waals surface area contributed by atoms with Gasteiger partial charge in [-0.15, -0.1) is 0 Å². The van der Waals surface area contributed by atoms with Gasteiger partial charge in [-0.05, 0) is 75.8 Å². The van der Waals surface area contributed by atoms with Crippen molar-refractivity contribution in [1.82, 2.24) is 4.98 Å². The highest BCUT2D eigenvalue weighted by Crippen LogP contribution is 2.45. The molecule has 0 aliphatic heterocycles. The predicted molar refractivity (Wildman–Crippen MR) is 212 cm³/mol. The van der Waals surface area contributed by atoms with Crippen molar-refractivity contribution in [3.8, 4) is 44.5 Å². The van der Waals surface area contributed by atoms with E-state index in [-0.39, 0.29) is 0 Å². The minimum Gasteiger partial charge on any atom is -0.456 e. The van der Waals surface area contributed by atoms with Crippen molar-refractivity contribution in [2.75, 3.05) is 0 Å². The summed E-state index contributed by atoms with van der Waals surface area (Å²) in [4.78, 5) is 3.73. The van der Waals surface area contributed by atoms with E-state index in [1.807, 2.05) is 12.1 Å². The molecule has 1 N–H and O–H groups in total. The fraction of sp³-hybridized carbons (Fsp3) is 0. The molecule has 0 unspecified atom stereocenters. The van der Waals surface area contributed by atoms with Gasteiger partial charge in [0.05, 0.1) is 5.52 Å². The lowest BCUT2D eigenvalue weighted by Gasteiger charge is -2.12. The van der Waals surface area contributed by atoms with Crippen molar-refractivity contribution >= 4 is 65.7 Å². The van der Waals surface area contributed by atoms with Gasteiger partial charge in [-0.3, -0.25) is 0 Å². The highest BCUT2D eigenvalue weighted by atomic mass is 16.3. The Hall–Kier alpha value is -6.84. The van der Waals surface area contributed by atoms with Crippen molar-refractivity contribution in [1.29, 1.82) is 0 Å². The Morgan fingerprint density at radius 2 is 0.882 bits per heavy atom. The van der Waals surface area contributed by atoms with Gasteiger partial charge >= 0.3 is 0 Å². The summed E-state index contributed by atoms with van der Waals surface area (Å²) >= 11 is 0. The summed E-state index contributed by atoms with van der Waals surface area (Å²) in [6.45, 7) is 0. The normalized spacial score (nSPS) is 11.9. The van der Waals surface area contributed by atoms with E-state index in [4.69, 9.17) is 8.83 Å². The number of nitrogens with one attached hydrogen (secondary N) is 1. The molecule has 3 heterocycles. The fourth-order valence-electron chi connectivity index (χ4n) is 8.15. The predicted octanol–water partition coefficient (Wildman–Crippen LogP) is 13.8. The molecule has 0 aliphatic rings. The first kappa shape index (κ1) is 28.0. The van der Waals surface area contributed by atoms with Crippen LogP contribution in [0.1, 0.15) is 0 Å². The minimum atomic E-state index is 0.863. The maximum absolute atomic E-state index is 6.85. The maximum Gasteiger partial charge on any atom is 0.143 e. The fourth-order valence-corrected chi connectivity index (χ4v) is 8.15. The molecule has 11 rings (SSSR count). The molecule has 0 atom stereocenters. The van der Waals surface area contributed by atoms with Gasteiger partial charge in [0.2, 0.25) is 0 Å². The van der Waals surface area contributed by atoms with Gasteiger partial charge in [-0.2, -0.15) is 0 Å². The van der Waals surface area contributed by atoms with Gasteiger partial charge in [-0.1, -0.05) is 127 Å². The van der Waals surface area contributed by atoms with Crippen molar-refractivity contribution < 1.29 is 8.83 Å². The number of fused-ring (bicyclic) bond motifs is 9. The van der Waals surface area contributed by atoms with E-state index in [1.165, 1.54) is 21.9 Å². The van der Waals surface area contributed by atoms with Crippen molar-refractivity contribution in [2.45, 2.75) is 0 Å². The van der Waals surface area contributed by atoms with E-state index in [0.29, 0.717) is 0 Å². The van der Waals surface area contributed by atoms with E-state index >= 15 is 0 Å². The zero-order chi connectivity index (χ0) is 33.5. The lowest BCUT2D eigenvalue weighted by molar-refractivity contribution is 0.668. The molecule has 11 aromatic rings. The Morgan fingerprint density at radius 3 is 1.71 bits per heavy atom. The second kappa shape index (κ2) is 10.8. The lowest BCUT2D eigenvalue weighted by Crippen LogP contribution is -1.88. The van der Waals surface area contributed by atoms with Crippen molar-refractivity contribution in [3.63, 3.8) is 0 Å². The molecule has 3 aromatic heterocycles. The van der Waals surface area contributed by atoms with Crippen molar-refractivity contribution in [3.05, 3.63) is 170 Å². The smallest absolute Gasteiger partial charge is 0.143 e. The van der Waals surface area contributed by atoms with Crippen LogP contribution < -0.4 is 0 Å².